The van der Waals surface area contributed by atoms with E-state index in [1.807, 2.05) is 24.3 Å². The number of nitrogens with one attached hydrogen (secondary N) is 1. The van der Waals surface area contributed by atoms with Crippen LogP contribution >= 0.6 is 12.2 Å². The Morgan fingerprint density at radius 3 is 2.41 bits per heavy atom. The van der Waals surface area contributed by atoms with E-state index in [9.17, 15) is 0 Å². The molecule has 1 aromatic heterocycles. The minimum atomic E-state index is 0.405. The first-order valence-electron chi connectivity index (χ1n) is 9.96. The predicted molar refractivity (Wildman–Crippen MR) is 116 cm³/mol. The summed E-state index contributed by atoms with van der Waals surface area (Å²) in [6, 6.07) is 16.9. The zero-order valence-electron chi connectivity index (χ0n) is 16.9. The number of hydrogen-bond acceptors (Lipinski definition) is 5. The van der Waals surface area contributed by atoms with Crippen molar-refractivity contribution in [2.75, 3.05) is 38.3 Å². The first-order valence-corrected chi connectivity index (χ1v) is 10.4. The molecular formula is C22H27N4O2S+. The van der Waals surface area contributed by atoms with Crippen LogP contribution in [-0.2, 0) is 18.0 Å². The van der Waals surface area contributed by atoms with Gasteiger partial charge in [0.2, 0.25) is 5.89 Å². The molecule has 1 unspecified atom stereocenters. The molecule has 1 fully saturated rings. The standard InChI is InChI=1S/C22H26N4O2S/c1-17-3-7-19(8-4-17)21-23-26(22(29)28-21)16-24(2)15-18-5-9-20(10-6-18)25-11-13-27-14-12-25/h3-10H,11-16H2,1-2H3/p+1. The zero-order chi connectivity index (χ0) is 20.2. The molecule has 1 saturated heterocycles. The Morgan fingerprint density at radius 1 is 1.03 bits per heavy atom. The van der Waals surface area contributed by atoms with Gasteiger partial charge in [0.05, 0.1) is 20.3 Å². The molecule has 6 nitrogen and oxygen atoms in total. The maximum atomic E-state index is 5.71. The Kier molecular flexibility index (Phi) is 6.08. The van der Waals surface area contributed by atoms with Crippen LogP contribution in [0.2, 0.25) is 0 Å². The molecule has 4 rings (SSSR count). The predicted octanol–water partition coefficient (Wildman–Crippen LogP) is 2.69. The van der Waals surface area contributed by atoms with E-state index in [2.05, 4.69) is 48.2 Å². The quantitative estimate of drug-likeness (QED) is 0.632. The summed E-state index contributed by atoms with van der Waals surface area (Å²) in [5, 5.41) is 4.57. The number of ether oxygens (including phenoxy) is 1. The van der Waals surface area contributed by atoms with E-state index < -0.39 is 0 Å². The summed E-state index contributed by atoms with van der Waals surface area (Å²) < 4.78 is 12.9. The third-order valence-electron chi connectivity index (χ3n) is 5.14. The van der Waals surface area contributed by atoms with Crippen LogP contribution in [0.4, 0.5) is 5.69 Å². The third-order valence-corrected chi connectivity index (χ3v) is 5.44. The Hall–Kier alpha value is -2.48. The van der Waals surface area contributed by atoms with E-state index in [1.165, 1.54) is 21.7 Å². The summed E-state index contributed by atoms with van der Waals surface area (Å²) in [6.45, 7) is 7.12. The third kappa shape index (κ3) is 4.93. The van der Waals surface area contributed by atoms with Crippen molar-refractivity contribution in [3.05, 3.63) is 64.5 Å². The Labute approximate surface area is 176 Å². The maximum Gasteiger partial charge on any atom is 0.292 e. The van der Waals surface area contributed by atoms with Crippen LogP contribution in [0.5, 0.6) is 0 Å². The Bertz CT molecular complexity index is 989. The fourth-order valence-electron chi connectivity index (χ4n) is 3.53. The van der Waals surface area contributed by atoms with E-state index in [0.717, 1.165) is 38.4 Å². The Morgan fingerprint density at radius 2 is 1.72 bits per heavy atom. The summed E-state index contributed by atoms with van der Waals surface area (Å²) in [5.41, 5.74) is 4.69. The van der Waals surface area contributed by atoms with Gasteiger partial charge in [-0.3, -0.25) is 0 Å². The van der Waals surface area contributed by atoms with Gasteiger partial charge >= 0.3 is 0 Å². The van der Waals surface area contributed by atoms with Crippen LogP contribution in [0.25, 0.3) is 11.5 Å². The zero-order valence-corrected chi connectivity index (χ0v) is 17.7. The van der Waals surface area contributed by atoms with Gasteiger partial charge in [-0.15, -0.1) is 5.10 Å². The molecule has 0 aliphatic carbocycles. The smallest absolute Gasteiger partial charge is 0.292 e. The van der Waals surface area contributed by atoms with Crippen LogP contribution in [0, 0.1) is 11.8 Å². The first kappa shape index (κ1) is 19.8. The number of benzene rings is 2. The molecule has 0 radical (unpaired) electrons. The molecule has 0 bridgehead atoms. The highest BCUT2D eigenvalue weighted by molar-refractivity contribution is 7.71. The normalized spacial score (nSPS) is 15.4. The van der Waals surface area contributed by atoms with E-state index in [1.54, 1.807) is 4.68 Å². The lowest BCUT2D eigenvalue weighted by Crippen LogP contribution is -3.07. The number of hydrogen-bond donors (Lipinski definition) is 1. The molecular weight excluding hydrogens is 384 g/mol. The van der Waals surface area contributed by atoms with Crippen molar-refractivity contribution in [1.29, 1.82) is 0 Å². The van der Waals surface area contributed by atoms with Crippen molar-refractivity contribution >= 4 is 17.9 Å². The van der Waals surface area contributed by atoms with E-state index in [-0.39, 0.29) is 0 Å². The van der Waals surface area contributed by atoms with Crippen molar-refractivity contribution in [2.24, 2.45) is 0 Å². The lowest BCUT2D eigenvalue weighted by atomic mass is 10.1. The molecule has 0 amide bonds. The molecule has 3 aromatic rings. The van der Waals surface area contributed by atoms with Gasteiger partial charge in [0, 0.05) is 29.9 Å². The summed E-state index contributed by atoms with van der Waals surface area (Å²) >= 11 is 5.38. The molecule has 1 N–H and O–H groups in total. The van der Waals surface area contributed by atoms with Crippen LogP contribution in [0.3, 0.4) is 0 Å². The number of aryl methyl sites for hydroxylation is 1. The minimum absolute atomic E-state index is 0.405. The van der Waals surface area contributed by atoms with Crippen molar-refractivity contribution < 1.29 is 14.1 Å². The fraction of sp³-hybridized carbons (Fsp3) is 0.364. The number of aromatic nitrogens is 2. The molecule has 29 heavy (non-hydrogen) atoms. The molecule has 1 atom stereocenters. The van der Waals surface area contributed by atoms with Gasteiger partial charge in [0.1, 0.15) is 6.54 Å². The number of rotatable bonds is 6. The molecule has 2 heterocycles. The van der Waals surface area contributed by atoms with Crippen molar-refractivity contribution in [3.63, 3.8) is 0 Å². The molecule has 0 saturated carbocycles. The van der Waals surface area contributed by atoms with Gasteiger partial charge in [0.15, 0.2) is 6.67 Å². The highest BCUT2D eigenvalue weighted by atomic mass is 32.1. The van der Waals surface area contributed by atoms with Crippen LogP contribution in [-0.4, -0.2) is 43.1 Å². The van der Waals surface area contributed by atoms with Crippen molar-refractivity contribution in [2.45, 2.75) is 20.1 Å². The van der Waals surface area contributed by atoms with Gasteiger partial charge in [-0.2, -0.15) is 4.68 Å². The molecule has 0 spiro atoms. The monoisotopic (exact) mass is 411 g/mol. The van der Waals surface area contributed by atoms with Crippen molar-refractivity contribution in [3.8, 4) is 11.5 Å². The van der Waals surface area contributed by atoms with E-state index in [4.69, 9.17) is 21.4 Å². The minimum Gasteiger partial charge on any atom is -0.409 e. The largest absolute Gasteiger partial charge is 0.409 e. The summed E-state index contributed by atoms with van der Waals surface area (Å²) in [7, 11) is 2.14. The molecule has 7 heteroatoms. The number of morpholine rings is 1. The summed E-state index contributed by atoms with van der Waals surface area (Å²) in [6.07, 6.45) is 0. The van der Waals surface area contributed by atoms with Crippen LogP contribution in [0.1, 0.15) is 11.1 Å². The second-order valence-corrected chi connectivity index (χ2v) is 7.95. The molecule has 1 aliphatic heterocycles. The van der Waals surface area contributed by atoms with E-state index >= 15 is 0 Å². The van der Waals surface area contributed by atoms with Crippen molar-refractivity contribution in [1.82, 2.24) is 9.78 Å². The Balaban J connectivity index is 1.39. The van der Waals surface area contributed by atoms with Gasteiger partial charge in [-0.05, 0) is 43.4 Å². The topological polar surface area (TPSA) is 47.9 Å². The van der Waals surface area contributed by atoms with Crippen LogP contribution < -0.4 is 9.80 Å². The lowest BCUT2D eigenvalue weighted by Gasteiger charge is -2.29. The van der Waals surface area contributed by atoms with Gasteiger partial charge < -0.3 is 19.0 Å². The SMILES string of the molecule is Cc1ccc(-c2nn(C[NH+](C)Cc3ccc(N4CCOCC4)cc3)c(=S)o2)cc1. The van der Waals surface area contributed by atoms with Gasteiger partial charge in [0.25, 0.3) is 4.84 Å². The second kappa shape index (κ2) is 8.90. The van der Waals surface area contributed by atoms with Crippen LogP contribution in [0.15, 0.2) is 52.9 Å². The maximum absolute atomic E-state index is 5.71. The first-order chi connectivity index (χ1) is 14.1. The average molecular weight is 412 g/mol. The van der Waals surface area contributed by atoms with Gasteiger partial charge in [-0.25, -0.2) is 0 Å². The molecule has 152 valence electrons. The summed E-state index contributed by atoms with van der Waals surface area (Å²) in [5.74, 6) is 0.567. The lowest BCUT2D eigenvalue weighted by molar-refractivity contribution is -0.917. The van der Waals surface area contributed by atoms with E-state index in [0.29, 0.717) is 17.4 Å². The number of nitrogens with zero attached hydrogens (tertiary/aromatic N) is 3. The average Bonchev–Trinajstić information content (AvgIpc) is 3.10. The van der Waals surface area contributed by atoms with Gasteiger partial charge in [-0.1, -0.05) is 29.8 Å². The highest BCUT2D eigenvalue weighted by Crippen LogP contribution is 2.18. The molecule has 1 aliphatic rings. The summed E-state index contributed by atoms with van der Waals surface area (Å²) in [4.78, 5) is 4.05. The number of anilines is 1. The molecule has 2 aromatic carbocycles. The highest BCUT2D eigenvalue weighted by Gasteiger charge is 2.14. The second-order valence-electron chi connectivity index (χ2n) is 7.60. The fourth-order valence-corrected chi connectivity index (χ4v) is 3.71. The number of quaternary nitrogens is 1.